The van der Waals surface area contributed by atoms with Crippen molar-refractivity contribution in [2.24, 2.45) is 17.6 Å². The number of aliphatic hydroxyl groups excluding tert-OH is 2. The number of likely N-dealkylation sites (N-methyl/N-ethyl adjacent to an activating group) is 1. The zero-order valence-electron chi connectivity index (χ0n) is 22.1. The molecule has 0 radical (unpaired) electrons. The summed E-state index contributed by atoms with van der Waals surface area (Å²) in [5.41, 5.74) is 1.54. The highest BCUT2D eigenvalue weighted by Crippen LogP contribution is 2.53. The van der Waals surface area contributed by atoms with Crippen molar-refractivity contribution in [1.29, 1.82) is 0 Å². The van der Waals surface area contributed by atoms with Gasteiger partial charge in [0.2, 0.25) is 5.78 Å². The highest BCUT2D eigenvalue weighted by molar-refractivity contribution is 6.24. The number of fused-ring (bicyclic) bond motifs is 3. The summed E-state index contributed by atoms with van der Waals surface area (Å²) in [5, 5.41) is 44.5. The number of ketones is 2. The number of Topliss-reactive ketones (excluding diaryl/α,β-unsaturated/α-hetero) is 2. The number of carbonyl (C=O) groups excluding carboxylic acids is 3. The molecule has 40 heavy (non-hydrogen) atoms. The molecule has 0 spiro atoms. The molecule has 1 aromatic rings. The first-order chi connectivity index (χ1) is 17.9. The van der Waals surface area contributed by atoms with E-state index >= 15 is 4.39 Å². The number of primary amides is 1. The van der Waals surface area contributed by atoms with Gasteiger partial charge < -0.3 is 26.2 Å². The molecule has 2 fully saturated rings. The van der Waals surface area contributed by atoms with Crippen LogP contribution in [0.2, 0.25) is 0 Å². The van der Waals surface area contributed by atoms with Gasteiger partial charge in [-0.2, -0.15) is 0 Å². The largest absolute Gasteiger partial charge is 0.508 e. The summed E-state index contributed by atoms with van der Waals surface area (Å²) in [6.45, 7) is 1.92. The van der Waals surface area contributed by atoms with Crippen molar-refractivity contribution < 1.29 is 39.2 Å². The Hall–Kier alpha value is -2.70. The van der Waals surface area contributed by atoms with Crippen LogP contribution in [-0.4, -0.2) is 86.5 Å². The lowest BCUT2D eigenvalue weighted by atomic mass is 9.57. The highest BCUT2D eigenvalue weighted by atomic mass is 35.5. The number of benzene rings is 1. The number of phenols is 1. The van der Waals surface area contributed by atoms with E-state index in [9.17, 15) is 34.8 Å². The van der Waals surface area contributed by atoms with Crippen molar-refractivity contribution in [3.8, 4) is 5.75 Å². The van der Waals surface area contributed by atoms with Gasteiger partial charge in [-0.3, -0.25) is 24.2 Å². The van der Waals surface area contributed by atoms with Crippen molar-refractivity contribution in [2.45, 2.75) is 50.3 Å². The van der Waals surface area contributed by atoms with Gasteiger partial charge in [0.1, 0.15) is 28.7 Å². The molecule has 1 aliphatic heterocycles. The van der Waals surface area contributed by atoms with Crippen LogP contribution in [0.15, 0.2) is 23.0 Å². The smallest absolute Gasteiger partial charge is 0.255 e. The predicted molar refractivity (Wildman–Crippen MR) is 148 cm³/mol. The van der Waals surface area contributed by atoms with Gasteiger partial charge in [-0.25, -0.2) is 4.39 Å². The Morgan fingerprint density at radius 3 is 2.35 bits per heavy atom. The molecule has 1 saturated heterocycles. The van der Waals surface area contributed by atoms with Crippen LogP contribution in [0.25, 0.3) is 5.76 Å². The molecule has 13 heteroatoms. The molecule has 6 N–H and O–H groups in total. The number of phenolic OH excluding ortho intramolecular Hbond substituents is 1. The van der Waals surface area contributed by atoms with Crippen LogP contribution in [0.4, 0.5) is 4.39 Å². The second-order valence-electron chi connectivity index (χ2n) is 11.0. The minimum atomic E-state index is -2.72. The quantitative estimate of drug-likeness (QED) is 0.324. The molecule has 1 saturated carbocycles. The number of rotatable bonds is 4. The summed E-state index contributed by atoms with van der Waals surface area (Å²) in [7, 11) is 3.05. The number of carbonyl (C=O) groups is 3. The minimum absolute atomic E-state index is 0. The second-order valence-corrected chi connectivity index (χ2v) is 11.0. The van der Waals surface area contributed by atoms with Gasteiger partial charge in [0, 0.05) is 29.2 Å². The maximum Gasteiger partial charge on any atom is 0.255 e. The van der Waals surface area contributed by atoms with Gasteiger partial charge in [-0.1, -0.05) is 6.42 Å². The predicted octanol–water partition coefficient (Wildman–Crippen LogP) is 1.93. The Morgan fingerprint density at radius 1 is 1.15 bits per heavy atom. The van der Waals surface area contributed by atoms with Crippen molar-refractivity contribution in [3.63, 3.8) is 0 Å². The Kier molecular flexibility index (Phi) is 8.98. The number of hydrogen-bond donors (Lipinski definition) is 5. The fourth-order valence-corrected chi connectivity index (χ4v) is 6.82. The van der Waals surface area contributed by atoms with E-state index in [1.807, 2.05) is 0 Å². The third-order valence-corrected chi connectivity index (χ3v) is 8.57. The van der Waals surface area contributed by atoms with E-state index in [0.717, 1.165) is 32.4 Å². The van der Waals surface area contributed by atoms with E-state index in [4.69, 9.17) is 5.73 Å². The molecule has 3 aliphatic carbocycles. The van der Waals surface area contributed by atoms with Gasteiger partial charge in [-0.05, 0) is 64.9 Å². The molecule has 0 aromatic heterocycles. The maximum absolute atomic E-state index is 15.8. The first-order valence-corrected chi connectivity index (χ1v) is 12.8. The molecule has 0 bridgehead atoms. The molecular weight excluding hydrogens is 568 g/mol. The first-order valence-electron chi connectivity index (χ1n) is 12.8. The number of piperidine rings is 1. The molecule has 10 nitrogen and oxygen atoms in total. The van der Waals surface area contributed by atoms with Gasteiger partial charge in [-0.15, -0.1) is 24.8 Å². The molecule has 4 aliphatic rings. The maximum atomic E-state index is 15.8. The number of aliphatic hydroxyl groups is 3. The number of aromatic hydroxyl groups is 1. The van der Waals surface area contributed by atoms with Crippen LogP contribution in [0, 0.1) is 17.7 Å². The standard InChI is InChI=1S/C27H32FN3O7.2ClH/c1-30(2)21-15-9-12-8-14-18(16(32)10-13(20(14)28)11-31-6-4-3-5-7-31)22(33)17(12)24(35)27(15,38)25(36)19(23(21)34)26(29)37;;/h10,12,15,21,32-33,36,38H,3-9,11H2,1-2H3,(H2,29,37);2*1H/t12-,15-,21-,27-;;/m0../s1. The molecule has 1 aromatic carbocycles. The molecular formula is C27H34Cl2FN3O7. The monoisotopic (exact) mass is 601 g/mol. The third kappa shape index (κ3) is 4.57. The Balaban J connectivity index is 0.00000220. The van der Waals surface area contributed by atoms with Crippen LogP contribution >= 0.6 is 24.8 Å². The zero-order chi connectivity index (χ0) is 27.7. The highest BCUT2D eigenvalue weighted by Gasteiger charge is 2.64. The summed E-state index contributed by atoms with van der Waals surface area (Å²) in [6, 6.07) is 0.0605. The normalized spacial score (nSPS) is 28.4. The SMILES string of the molecule is CN(C)[C@@H]1C(=O)C(C(N)=O)=C(O)[C@@]2(O)C(=O)C3=C(O)c4c(O)cc(CN5CCCCC5)c(F)c4C[C@H]3C[C@@H]12.Cl.Cl. The molecule has 0 unspecified atom stereocenters. The van der Waals surface area contributed by atoms with E-state index in [1.165, 1.54) is 25.1 Å². The number of nitrogens with zero attached hydrogens (tertiary/aromatic N) is 2. The van der Waals surface area contributed by atoms with Gasteiger partial charge in [0.05, 0.1) is 11.6 Å². The molecule has 220 valence electrons. The van der Waals surface area contributed by atoms with Gasteiger partial charge in [0.25, 0.3) is 5.91 Å². The Morgan fingerprint density at radius 2 is 1.77 bits per heavy atom. The molecule has 1 heterocycles. The fourth-order valence-electron chi connectivity index (χ4n) is 6.82. The number of halogens is 3. The fraction of sp³-hybridized carbons (Fsp3) is 0.519. The molecule has 5 rings (SSSR count). The number of amides is 1. The number of likely N-dealkylation sites (tertiary alicyclic amines) is 1. The summed E-state index contributed by atoms with van der Waals surface area (Å²) in [6.07, 6.45) is 2.97. The van der Waals surface area contributed by atoms with Crippen LogP contribution in [0.3, 0.4) is 0 Å². The topological polar surface area (TPSA) is 165 Å². The van der Waals surface area contributed by atoms with E-state index in [2.05, 4.69) is 4.90 Å². The van der Waals surface area contributed by atoms with Gasteiger partial charge >= 0.3 is 0 Å². The van der Waals surface area contributed by atoms with E-state index in [-0.39, 0.29) is 59.9 Å². The summed E-state index contributed by atoms with van der Waals surface area (Å²) < 4.78 is 15.8. The third-order valence-electron chi connectivity index (χ3n) is 8.57. The summed E-state index contributed by atoms with van der Waals surface area (Å²) >= 11 is 0. The van der Waals surface area contributed by atoms with Crippen molar-refractivity contribution >= 4 is 48.0 Å². The van der Waals surface area contributed by atoms with E-state index in [1.54, 1.807) is 0 Å². The molecule has 4 atom stereocenters. The van der Waals surface area contributed by atoms with Crippen molar-refractivity contribution in [2.75, 3.05) is 27.2 Å². The van der Waals surface area contributed by atoms with Crippen LogP contribution in [0.5, 0.6) is 5.75 Å². The van der Waals surface area contributed by atoms with E-state index in [0.29, 0.717) is 6.54 Å². The summed E-state index contributed by atoms with van der Waals surface area (Å²) in [5.74, 6) is -8.08. The Bertz CT molecular complexity index is 1330. The summed E-state index contributed by atoms with van der Waals surface area (Å²) in [4.78, 5) is 42.5. The van der Waals surface area contributed by atoms with Crippen molar-refractivity contribution in [3.05, 3.63) is 45.5 Å². The van der Waals surface area contributed by atoms with Crippen LogP contribution in [0.1, 0.15) is 42.4 Å². The molecule has 1 amide bonds. The van der Waals surface area contributed by atoms with Crippen molar-refractivity contribution in [1.82, 2.24) is 9.80 Å². The Labute approximate surface area is 243 Å². The zero-order valence-corrected chi connectivity index (χ0v) is 23.8. The first kappa shape index (κ1) is 31.8. The lowest BCUT2D eigenvalue weighted by molar-refractivity contribution is -0.153. The number of hydrogen-bond acceptors (Lipinski definition) is 9. The average molecular weight is 602 g/mol. The van der Waals surface area contributed by atoms with Crippen LogP contribution in [-0.2, 0) is 27.3 Å². The number of nitrogens with two attached hydrogens (primary N) is 1. The van der Waals surface area contributed by atoms with Crippen LogP contribution < -0.4 is 5.73 Å². The van der Waals surface area contributed by atoms with Gasteiger partial charge in [0.15, 0.2) is 11.4 Å². The second kappa shape index (κ2) is 11.3. The van der Waals surface area contributed by atoms with E-state index < -0.39 is 69.6 Å². The lowest BCUT2D eigenvalue weighted by Gasteiger charge is -2.50. The average Bonchev–Trinajstić information content (AvgIpc) is 2.84. The minimum Gasteiger partial charge on any atom is -0.508 e. The lowest BCUT2D eigenvalue weighted by Crippen LogP contribution is -2.65.